The van der Waals surface area contributed by atoms with Crippen LogP contribution in [-0.2, 0) is 11.3 Å². The summed E-state index contributed by atoms with van der Waals surface area (Å²) in [5, 5.41) is 11.9. The van der Waals surface area contributed by atoms with Gasteiger partial charge in [0, 0.05) is 13.6 Å². The Morgan fingerprint density at radius 1 is 1.27 bits per heavy atom. The largest absolute Gasteiger partial charge is 0.508 e. The maximum atomic E-state index is 12.3. The van der Waals surface area contributed by atoms with Crippen LogP contribution in [0.4, 0.5) is 0 Å². The summed E-state index contributed by atoms with van der Waals surface area (Å²) in [6.45, 7) is 2.03. The molecule has 0 bridgehead atoms. The summed E-state index contributed by atoms with van der Waals surface area (Å²) >= 11 is 0. The monoisotopic (exact) mass is 302 g/mol. The first kappa shape index (κ1) is 15.6. The third-order valence-corrected chi connectivity index (χ3v) is 3.23. The van der Waals surface area contributed by atoms with E-state index in [2.05, 4.69) is 5.32 Å². The zero-order valence-corrected chi connectivity index (χ0v) is 12.4. The zero-order valence-electron chi connectivity index (χ0n) is 12.4. The molecule has 0 radical (unpaired) electrons. The highest BCUT2D eigenvalue weighted by Crippen LogP contribution is 2.11. The van der Waals surface area contributed by atoms with E-state index in [-0.39, 0.29) is 17.6 Å². The molecule has 2 aromatic rings. The number of carbonyl (C=O) groups excluding carboxylic acids is 2. The summed E-state index contributed by atoms with van der Waals surface area (Å²) in [6.07, 6.45) is 2.73. The molecule has 116 valence electrons. The van der Waals surface area contributed by atoms with E-state index in [1.807, 2.05) is 0 Å². The second-order valence-electron chi connectivity index (χ2n) is 5.07. The van der Waals surface area contributed by atoms with Crippen molar-refractivity contribution in [3.63, 3.8) is 0 Å². The highest BCUT2D eigenvalue weighted by atomic mass is 16.3. The number of nitrogens with one attached hydrogen (secondary N) is 1. The van der Waals surface area contributed by atoms with Crippen molar-refractivity contribution in [3.05, 3.63) is 54.0 Å². The van der Waals surface area contributed by atoms with Crippen LogP contribution in [-0.4, -0.2) is 34.9 Å². The summed E-state index contributed by atoms with van der Waals surface area (Å²) in [6, 6.07) is 7.51. The molecule has 0 saturated carbocycles. The van der Waals surface area contributed by atoms with Gasteiger partial charge in [0.25, 0.3) is 5.91 Å². The number of hydrogen-bond donors (Lipinski definition) is 2. The number of amides is 2. The number of nitrogens with zero attached hydrogens (tertiary/aromatic N) is 1. The average Bonchev–Trinajstić information content (AvgIpc) is 3.03. The molecule has 0 saturated heterocycles. The van der Waals surface area contributed by atoms with Gasteiger partial charge in [-0.25, -0.2) is 0 Å². The van der Waals surface area contributed by atoms with Crippen molar-refractivity contribution in [2.45, 2.75) is 19.5 Å². The first-order valence-corrected chi connectivity index (χ1v) is 6.83. The molecule has 1 aromatic carbocycles. The van der Waals surface area contributed by atoms with Gasteiger partial charge in [-0.15, -0.1) is 0 Å². The van der Waals surface area contributed by atoms with E-state index in [1.54, 1.807) is 38.2 Å². The minimum atomic E-state index is -0.649. The Bertz CT molecular complexity index is 635. The lowest BCUT2D eigenvalue weighted by Gasteiger charge is -2.22. The van der Waals surface area contributed by atoms with Crippen LogP contribution in [0, 0.1) is 0 Å². The van der Waals surface area contributed by atoms with Crippen LogP contribution >= 0.6 is 0 Å². The molecule has 0 aliphatic rings. The van der Waals surface area contributed by atoms with Gasteiger partial charge in [-0.3, -0.25) is 9.59 Å². The Balaban J connectivity index is 1.92. The highest BCUT2D eigenvalue weighted by Gasteiger charge is 2.20. The van der Waals surface area contributed by atoms with Gasteiger partial charge in [-0.1, -0.05) is 12.1 Å². The summed E-state index contributed by atoms with van der Waals surface area (Å²) in [7, 11) is 1.66. The van der Waals surface area contributed by atoms with E-state index in [0.29, 0.717) is 12.1 Å². The van der Waals surface area contributed by atoms with Crippen LogP contribution < -0.4 is 5.32 Å². The topological polar surface area (TPSA) is 82.8 Å². The Morgan fingerprint density at radius 3 is 2.55 bits per heavy atom. The number of phenolic OH excluding ortho intramolecular Hbond substituents is 1. The molecule has 2 rings (SSSR count). The molecule has 1 heterocycles. The molecule has 6 heteroatoms. The van der Waals surface area contributed by atoms with E-state index < -0.39 is 6.04 Å². The number of benzene rings is 1. The number of furan rings is 1. The van der Waals surface area contributed by atoms with Crippen molar-refractivity contribution in [1.29, 1.82) is 0 Å². The van der Waals surface area contributed by atoms with Gasteiger partial charge in [0.1, 0.15) is 18.1 Å². The van der Waals surface area contributed by atoms with Crippen molar-refractivity contribution in [1.82, 2.24) is 10.2 Å². The van der Waals surface area contributed by atoms with Gasteiger partial charge in [-0.05, 0) is 30.7 Å². The fraction of sp³-hybridized carbons (Fsp3) is 0.250. The molecule has 0 spiro atoms. The number of aromatic hydroxyl groups is 1. The minimum absolute atomic E-state index is 0.179. The summed E-state index contributed by atoms with van der Waals surface area (Å²) in [4.78, 5) is 25.6. The van der Waals surface area contributed by atoms with Gasteiger partial charge < -0.3 is 19.7 Å². The molecule has 22 heavy (non-hydrogen) atoms. The molecular formula is C16H18N2O4. The second-order valence-corrected chi connectivity index (χ2v) is 5.07. The third kappa shape index (κ3) is 3.88. The van der Waals surface area contributed by atoms with Crippen LogP contribution in [0.2, 0.25) is 0 Å². The second kappa shape index (κ2) is 6.80. The Labute approximate surface area is 128 Å². The number of rotatable bonds is 5. The zero-order chi connectivity index (χ0) is 16.1. The standard InChI is InChI=1S/C16H18N2O4/c1-11(17-15(20)13-7-8-22-10-13)16(21)18(2)9-12-3-5-14(19)6-4-12/h3-8,10-11,19H,9H2,1-2H3,(H,17,20)/t11-/m1/s1. The molecule has 0 unspecified atom stereocenters. The predicted molar refractivity (Wildman–Crippen MR) is 80.2 cm³/mol. The maximum absolute atomic E-state index is 12.3. The first-order chi connectivity index (χ1) is 10.5. The molecule has 0 aliphatic carbocycles. The van der Waals surface area contributed by atoms with Gasteiger partial charge in [0.2, 0.25) is 5.91 Å². The number of likely N-dealkylation sites (N-methyl/N-ethyl adjacent to an activating group) is 1. The Kier molecular flexibility index (Phi) is 4.83. The highest BCUT2D eigenvalue weighted by molar-refractivity contribution is 5.97. The third-order valence-electron chi connectivity index (χ3n) is 3.23. The molecule has 2 N–H and O–H groups in total. The molecule has 0 aliphatic heterocycles. The quantitative estimate of drug-likeness (QED) is 0.881. The van der Waals surface area contributed by atoms with Gasteiger partial charge in [-0.2, -0.15) is 0 Å². The van der Waals surface area contributed by atoms with Crippen molar-refractivity contribution in [2.24, 2.45) is 0 Å². The van der Waals surface area contributed by atoms with Gasteiger partial charge in [0.15, 0.2) is 0 Å². The SMILES string of the molecule is C[C@@H](NC(=O)c1ccoc1)C(=O)N(C)Cc1ccc(O)cc1. The molecule has 2 amide bonds. The molecule has 1 aromatic heterocycles. The normalized spacial score (nSPS) is 11.7. The summed E-state index contributed by atoms with van der Waals surface area (Å²) in [5.41, 5.74) is 1.27. The first-order valence-electron chi connectivity index (χ1n) is 6.83. The summed E-state index contributed by atoms with van der Waals surface area (Å²) < 4.78 is 4.84. The van der Waals surface area contributed by atoms with Crippen LogP contribution in [0.25, 0.3) is 0 Å². The molecule has 6 nitrogen and oxygen atoms in total. The number of carbonyl (C=O) groups is 2. The van der Waals surface area contributed by atoms with Crippen molar-refractivity contribution < 1.29 is 19.1 Å². The average molecular weight is 302 g/mol. The predicted octanol–water partition coefficient (Wildman–Crippen LogP) is 1.76. The van der Waals surface area contributed by atoms with Crippen LogP contribution in [0.3, 0.4) is 0 Å². The lowest BCUT2D eigenvalue weighted by atomic mass is 10.2. The Morgan fingerprint density at radius 2 is 1.95 bits per heavy atom. The van der Waals surface area contributed by atoms with Crippen LogP contribution in [0.15, 0.2) is 47.3 Å². The van der Waals surface area contributed by atoms with Crippen LogP contribution in [0.5, 0.6) is 5.75 Å². The molecular weight excluding hydrogens is 284 g/mol. The van der Waals surface area contributed by atoms with E-state index in [1.165, 1.54) is 23.5 Å². The maximum Gasteiger partial charge on any atom is 0.255 e. The van der Waals surface area contributed by atoms with Gasteiger partial charge >= 0.3 is 0 Å². The molecule has 0 fully saturated rings. The van der Waals surface area contributed by atoms with E-state index in [0.717, 1.165) is 5.56 Å². The lowest BCUT2D eigenvalue weighted by Crippen LogP contribution is -2.45. The fourth-order valence-corrected chi connectivity index (χ4v) is 2.02. The van der Waals surface area contributed by atoms with E-state index in [9.17, 15) is 14.7 Å². The van der Waals surface area contributed by atoms with Crippen LogP contribution in [0.1, 0.15) is 22.8 Å². The molecule has 1 atom stereocenters. The number of hydrogen-bond acceptors (Lipinski definition) is 4. The fourth-order valence-electron chi connectivity index (χ4n) is 2.02. The number of phenols is 1. The van der Waals surface area contributed by atoms with Crippen molar-refractivity contribution in [2.75, 3.05) is 7.05 Å². The van der Waals surface area contributed by atoms with E-state index in [4.69, 9.17) is 4.42 Å². The smallest absolute Gasteiger partial charge is 0.255 e. The van der Waals surface area contributed by atoms with E-state index >= 15 is 0 Å². The Hall–Kier alpha value is -2.76. The van der Waals surface area contributed by atoms with Crippen molar-refractivity contribution >= 4 is 11.8 Å². The lowest BCUT2D eigenvalue weighted by molar-refractivity contribution is -0.132. The summed E-state index contributed by atoms with van der Waals surface area (Å²) in [5.74, 6) is -0.379. The minimum Gasteiger partial charge on any atom is -0.508 e. The van der Waals surface area contributed by atoms with Crippen molar-refractivity contribution in [3.8, 4) is 5.75 Å². The van der Waals surface area contributed by atoms with Gasteiger partial charge in [0.05, 0.1) is 11.8 Å².